The predicted molar refractivity (Wildman–Crippen MR) is 111 cm³/mol. The molecule has 3 N–H and O–H groups in total. The van der Waals surface area contributed by atoms with Crippen molar-refractivity contribution in [2.75, 3.05) is 14.2 Å². The molecule has 29 heavy (non-hydrogen) atoms. The van der Waals surface area contributed by atoms with Crippen LogP contribution >= 0.6 is 0 Å². The molecular formula is C21H33N3O5. The van der Waals surface area contributed by atoms with E-state index < -0.39 is 29.4 Å². The van der Waals surface area contributed by atoms with Crippen LogP contribution in [0.4, 0.5) is 0 Å². The quantitative estimate of drug-likeness (QED) is 0.610. The first-order valence-corrected chi connectivity index (χ1v) is 9.54. The Balaban J connectivity index is 2.91. The van der Waals surface area contributed by atoms with E-state index >= 15 is 0 Å². The van der Waals surface area contributed by atoms with Gasteiger partial charge in [0.05, 0.1) is 14.2 Å². The summed E-state index contributed by atoms with van der Waals surface area (Å²) in [6.07, 6.45) is 0. The highest BCUT2D eigenvalue weighted by Crippen LogP contribution is 2.22. The number of ether oxygens (including phenoxy) is 2. The highest BCUT2D eigenvalue weighted by molar-refractivity contribution is 5.99. The Hall–Kier alpha value is -2.77. The van der Waals surface area contributed by atoms with E-state index in [1.54, 1.807) is 25.1 Å². The second kappa shape index (κ2) is 10.1. The molecule has 0 bridgehead atoms. The van der Waals surface area contributed by atoms with Gasteiger partial charge >= 0.3 is 0 Å². The van der Waals surface area contributed by atoms with Gasteiger partial charge in [-0.25, -0.2) is 0 Å². The number of carbonyl (C=O) groups is 3. The highest BCUT2D eigenvalue weighted by Gasteiger charge is 2.28. The van der Waals surface area contributed by atoms with E-state index in [1.807, 2.05) is 34.6 Å². The third kappa shape index (κ3) is 7.63. The molecule has 0 aliphatic rings. The standard InChI is InChI=1S/C21H33N3O5/c1-12(2)17(20(27)22-13(3)18(25)24-21(4,5)6)23-19(26)14-9-15(28-7)11-16(10-14)29-8/h9-13,17H,1-8H3,(H,22,27)(H,23,26)(H,24,25)/t13-,17+/m0/s1. The van der Waals surface area contributed by atoms with Gasteiger partial charge in [-0.15, -0.1) is 0 Å². The summed E-state index contributed by atoms with van der Waals surface area (Å²) in [5, 5.41) is 8.22. The van der Waals surface area contributed by atoms with Crippen molar-refractivity contribution in [2.45, 2.75) is 59.2 Å². The summed E-state index contributed by atoms with van der Waals surface area (Å²) < 4.78 is 10.4. The molecule has 2 atom stereocenters. The second-order valence-electron chi connectivity index (χ2n) is 8.27. The van der Waals surface area contributed by atoms with Crippen LogP contribution in [0.3, 0.4) is 0 Å². The van der Waals surface area contributed by atoms with Crippen LogP contribution in [0.1, 0.15) is 51.9 Å². The molecule has 0 aromatic heterocycles. The molecule has 0 fully saturated rings. The number of hydrogen-bond acceptors (Lipinski definition) is 5. The maximum Gasteiger partial charge on any atom is 0.252 e. The monoisotopic (exact) mass is 407 g/mol. The van der Waals surface area contributed by atoms with Crippen LogP contribution in [-0.2, 0) is 9.59 Å². The molecule has 0 aliphatic heterocycles. The zero-order valence-electron chi connectivity index (χ0n) is 18.5. The van der Waals surface area contributed by atoms with Crippen molar-refractivity contribution in [3.63, 3.8) is 0 Å². The molecule has 3 amide bonds. The fraction of sp³-hybridized carbons (Fsp3) is 0.571. The lowest BCUT2D eigenvalue weighted by molar-refractivity contribution is -0.130. The summed E-state index contributed by atoms with van der Waals surface area (Å²) >= 11 is 0. The van der Waals surface area contributed by atoms with Crippen molar-refractivity contribution < 1.29 is 23.9 Å². The molecule has 0 saturated carbocycles. The number of amides is 3. The number of hydrogen-bond donors (Lipinski definition) is 3. The van der Waals surface area contributed by atoms with Gasteiger partial charge in [-0.3, -0.25) is 14.4 Å². The van der Waals surface area contributed by atoms with Gasteiger partial charge in [0, 0.05) is 17.2 Å². The van der Waals surface area contributed by atoms with E-state index in [-0.39, 0.29) is 11.8 Å². The minimum Gasteiger partial charge on any atom is -0.497 e. The number of benzene rings is 1. The zero-order valence-corrected chi connectivity index (χ0v) is 18.5. The van der Waals surface area contributed by atoms with Crippen molar-refractivity contribution in [2.24, 2.45) is 5.92 Å². The van der Waals surface area contributed by atoms with Crippen LogP contribution in [0.2, 0.25) is 0 Å². The summed E-state index contributed by atoms with van der Waals surface area (Å²) in [6, 6.07) is 3.22. The topological polar surface area (TPSA) is 106 Å². The minimum absolute atomic E-state index is 0.190. The number of nitrogens with one attached hydrogen (secondary N) is 3. The smallest absolute Gasteiger partial charge is 0.252 e. The van der Waals surface area contributed by atoms with Gasteiger partial charge in [0.15, 0.2) is 0 Å². The lowest BCUT2D eigenvalue weighted by Crippen LogP contribution is -2.56. The van der Waals surface area contributed by atoms with Gasteiger partial charge in [0.2, 0.25) is 11.8 Å². The number of rotatable bonds is 8. The molecule has 0 unspecified atom stereocenters. The van der Waals surface area contributed by atoms with Crippen molar-refractivity contribution in [1.29, 1.82) is 0 Å². The van der Waals surface area contributed by atoms with Crippen LogP contribution in [0, 0.1) is 5.92 Å². The molecular weight excluding hydrogens is 374 g/mol. The minimum atomic E-state index is -0.815. The maximum atomic E-state index is 12.7. The number of methoxy groups -OCH3 is 2. The lowest BCUT2D eigenvalue weighted by atomic mass is 10.0. The Kier molecular flexibility index (Phi) is 8.48. The third-order valence-corrected chi connectivity index (χ3v) is 4.10. The van der Waals surface area contributed by atoms with Gasteiger partial charge < -0.3 is 25.4 Å². The van der Waals surface area contributed by atoms with E-state index in [0.29, 0.717) is 17.1 Å². The molecule has 8 nitrogen and oxygen atoms in total. The molecule has 162 valence electrons. The fourth-order valence-electron chi connectivity index (χ4n) is 2.54. The molecule has 1 aromatic rings. The first kappa shape index (κ1) is 24.3. The van der Waals surface area contributed by atoms with E-state index in [2.05, 4.69) is 16.0 Å². The number of carbonyl (C=O) groups excluding carboxylic acids is 3. The van der Waals surface area contributed by atoms with Gasteiger partial charge in [-0.05, 0) is 45.7 Å². The van der Waals surface area contributed by atoms with Gasteiger partial charge in [-0.2, -0.15) is 0 Å². The maximum absolute atomic E-state index is 12.7. The average Bonchev–Trinajstić information content (AvgIpc) is 2.63. The summed E-state index contributed by atoms with van der Waals surface area (Å²) in [5.74, 6) is -0.427. The molecule has 0 heterocycles. The predicted octanol–water partition coefficient (Wildman–Crippen LogP) is 1.88. The Morgan fingerprint density at radius 2 is 1.38 bits per heavy atom. The Morgan fingerprint density at radius 3 is 1.79 bits per heavy atom. The second-order valence-corrected chi connectivity index (χ2v) is 8.27. The zero-order chi connectivity index (χ0) is 22.4. The van der Waals surface area contributed by atoms with Crippen LogP contribution in [0.25, 0.3) is 0 Å². The lowest BCUT2D eigenvalue weighted by Gasteiger charge is -2.26. The SMILES string of the molecule is COc1cc(OC)cc(C(=O)N[C@@H](C(=O)N[C@@H](C)C(=O)NC(C)(C)C)C(C)C)c1. The van der Waals surface area contributed by atoms with Crippen molar-refractivity contribution in [3.8, 4) is 11.5 Å². The van der Waals surface area contributed by atoms with E-state index in [1.165, 1.54) is 14.2 Å². The molecule has 1 aromatic carbocycles. The fourth-order valence-corrected chi connectivity index (χ4v) is 2.54. The Morgan fingerprint density at radius 1 is 0.862 bits per heavy atom. The van der Waals surface area contributed by atoms with Crippen LogP contribution in [-0.4, -0.2) is 49.6 Å². The Bertz CT molecular complexity index is 718. The first-order chi connectivity index (χ1) is 13.4. The molecule has 0 aliphatic carbocycles. The molecule has 1 rings (SSSR count). The van der Waals surface area contributed by atoms with E-state index in [4.69, 9.17) is 9.47 Å². The summed E-state index contributed by atoms with van der Waals surface area (Å²) in [7, 11) is 2.98. The molecule has 0 saturated heterocycles. The summed E-state index contributed by atoms with van der Waals surface area (Å²) in [4.78, 5) is 37.7. The van der Waals surface area contributed by atoms with Gasteiger partial charge in [-0.1, -0.05) is 13.8 Å². The average molecular weight is 408 g/mol. The van der Waals surface area contributed by atoms with Crippen LogP contribution < -0.4 is 25.4 Å². The van der Waals surface area contributed by atoms with Crippen molar-refractivity contribution in [3.05, 3.63) is 23.8 Å². The van der Waals surface area contributed by atoms with Crippen molar-refractivity contribution >= 4 is 17.7 Å². The largest absolute Gasteiger partial charge is 0.497 e. The van der Waals surface area contributed by atoms with Crippen molar-refractivity contribution in [1.82, 2.24) is 16.0 Å². The third-order valence-electron chi connectivity index (χ3n) is 4.10. The molecule has 0 radical (unpaired) electrons. The summed E-state index contributed by atoms with van der Waals surface area (Å²) in [5.41, 5.74) is -0.106. The Labute approximate surface area is 172 Å². The van der Waals surface area contributed by atoms with E-state index in [9.17, 15) is 14.4 Å². The van der Waals surface area contributed by atoms with Gasteiger partial charge in [0.25, 0.3) is 5.91 Å². The normalized spacial score (nSPS) is 13.3. The molecule has 8 heteroatoms. The summed E-state index contributed by atoms with van der Waals surface area (Å²) in [6.45, 7) is 10.8. The first-order valence-electron chi connectivity index (χ1n) is 9.54. The molecule has 0 spiro atoms. The van der Waals surface area contributed by atoms with E-state index in [0.717, 1.165) is 0 Å². The van der Waals surface area contributed by atoms with Crippen LogP contribution in [0.15, 0.2) is 18.2 Å². The van der Waals surface area contributed by atoms with Gasteiger partial charge in [0.1, 0.15) is 23.6 Å². The van der Waals surface area contributed by atoms with Crippen LogP contribution in [0.5, 0.6) is 11.5 Å². The highest BCUT2D eigenvalue weighted by atomic mass is 16.5.